The predicted octanol–water partition coefficient (Wildman–Crippen LogP) is 4.23. The van der Waals surface area contributed by atoms with Gasteiger partial charge < -0.3 is 10.2 Å². The van der Waals surface area contributed by atoms with Crippen molar-refractivity contribution in [3.63, 3.8) is 0 Å². The van der Waals surface area contributed by atoms with Crippen molar-refractivity contribution in [1.82, 2.24) is 9.80 Å². The molecule has 3 rings (SSSR count). The van der Waals surface area contributed by atoms with E-state index in [9.17, 15) is 18.0 Å². The summed E-state index contributed by atoms with van der Waals surface area (Å²) in [5, 5.41) is 3.32. The minimum Gasteiger partial charge on any atom is -0.382 e. The van der Waals surface area contributed by atoms with E-state index in [1.807, 2.05) is 4.90 Å². The number of nitrogens with zero attached hydrogens (tertiary/aromatic N) is 2. The van der Waals surface area contributed by atoms with Crippen molar-refractivity contribution in [3.8, 4) is 0 Å². The van der Waals surface area contributed by atoms with Gasteiger partial charge in [-0.3, -0.25) is 9.69 Å². The fourth-order valence-corrected chi connectivity index (χ4v) is 4.19. The van der Waals surface area contributed by atoms with E-state index in [2.05, 4.69) is 24.1 Å². The third-order valence-electron chi connectivity index (χ3n) is 6.02. The molecule has 1 aliphatic heterocycles. The lowest BCUT2D eigenvalue weighted by Gasteiger charge is -2.39. The standard InChI is InChI=1S/C21H30F3N3O/c1-15(2)26-11-13-27(14-12-26)20(28)16-3-7-18(8-4-16)25-19-9-5-17(6-10-19)21(22,23)24/h5-6,9-10,15-16,18,25H,3-4,7-8,11-14H2,1-2H3/t16-,18-. The summed E-state index contributed by atoms with van der Waals surface area (Å²) in [6, 6.07) is 5.90. The topological polar surface area (TPSA) is 35.6 Å². The molecule has 0 bridgehead atoms. The van der Waals surface area contributed by atoms with Gasteiger partial charge in [0.2, 0.25) is 5.91 Å². The van der Waals surface area contributed by atoms with E-state index in [1.165, 1.54) is 12.1 Å². The minimum atomic E-state index is -4.31. The maximum atomic E-state index is 12.8. The second-order valence-corrected chi connectivity index (χ2v) is 8.22. The Morgan fingerprint density at radius 1 is 1.00 bits per heavy atom. The van der Waals surface area contributed by atoms with Crippen molar-refractivity contribution in [1.29, 1.82) is 0 Å². The Kier molecular flexibility index (Phi) is 6.53. The van der Waals surface area contributed by atoms with Crippen LogP contribution >= 0.6 is 0 Å². The second-order valence-electron chi connectivity index (χ2n) is 8.22. The molecule has 1 heterocycles. The number of rotatable bonds is 4. The molecule has 4 nitrogen and oxygen atoms in total. The number of nitrogens with one attached hydrogen (secondary N) is 1. The SMILES string of the molecule is CC(C)N1CCN(C(=O)[C@H]2CC[C@H](Nc3ccc(C(F)(F)F)cc3)CC2)CC1. The summed E-state index contributed by atoms with van der Waals surface area (Å²) in [5.74, 6) is 0.354. The Labute approximate surface area is 165 Å². The number of amides is 1. The summed E-state index contributed by atoms with van der Waals surface area (Å²) in [5.41, 5.74) is 0.0671. The first-order valence-corrected chi connectivity index (χ1v) is 10.2. The van der Waals surface area contributed by atoms with Gasteiger partial charge in [-0.15, -0.1) is 0 Å². The summed E-state index contributed by atoms with van der Waals surface area (Å²) in [4.78, 5) is 17.2. The largest absolute Gasteiger partial charge is 0.416 e. The summed E-state index contributed by atoms with van der Waals surface area (Å²) in [6.07, 6.45) is -0.909. The average molecular weight is 397 g/mol. The number of carbonyl (C=O) groups is 1. The second kappa shape index (κ2) is 8.72. The van der Waals surface area contributed by atoms with Gasteiger partial charge in [0.05, 0.1) is 5.56 Å². The number of alkyl halides is 3. The number of anilines is 1. The lowest BCUT2D eigenvalue weighted by molar-refractivity contribution is -0.139. The first-order chi connectivity index (χ1) is 13.2. The number of hydrogen-bond acceptors (Lipinski definition) is 3. The van der Waals surface area contributed by atoms with Gasteiger partial charge in [0, 0.05) is 49.9 Å². The number of hydrogen-bond donors (Lipinski definition) is 1. The lowest BCUT2D eigenvalue weighted by atomic mass is 9.85. The van der Waals surface area contributed by atoms with Gasteiger partial charge in [-0.2, -0.15) is 13.2 Å². The Hall–Kier alpha value is -1.76. The molecule has 0 spiro atoms. The maximum Gasteiger partial charge on any atom is 0.416 e. The predicted molar refractivity (Wildman–Crippen MR) is 104 cm³/mol. The van der Waals surface area contributed by atoms with E-state index < -0.39 is 11.7 Å². The van der Waals surface area contributed by atoms with Crippen LogP contribution in [0.5, 0.6) is 0 Å². The molecule has 0 aromatic heterocycles. The molecule has 0 unspecified atom stereocenters. The number of carbonyl (C=O) groups excluding carboxylic acids is 1. The van der Waals surface area contributed by atoms with Gasteiger partial charge in [-0.05, 0) is 63.8 Å². The molecule has 0 atom stereocenters. The molecule has 1 aromatic rings. The van der Waals surface area contributed by atoms with E-state index in [0.717, 1.165) is 64.0 Å². The average Bonchev–Trinajstić information content (AvgIpc) is 2.68. The highest BCUT2D eigenvalue weighted by Gasteiger charge is 2.32. The molecule has 2 aliphatic rings. The van der Waals surface area contributed by atoms with Crippen LogP contribution in [0.4, 0.5) is 18.9 Å². The van der Waals surface area contributed by atoms with E-state index in [0.29, 0.717) is 11.7 Å². The monoisotopic (exact) mass is 397 g/mol. The van der Waals surface area contributed by atoms with Crippen molar-refractivity contribution in [2.24, 2.45) is 5.92 Å². The third kappa shape index (κ3) is 5.19. The third-order valence-corrected chi connectivity index (χ3v) is 6.02. The molecule has 1 aromatic carbocycles. The number of benzene rings is 1. The number of piperazine rings is 1. The van der Waals surface area contributed by atoms with Crippen LogP contribution in [-0.4, -0.2) is 54.0 Å². The van der Waals surface area contributed by atoms with Crippen LogP contribution in [0.3, 0.4) is 0 Å². The van der Waals surface area contributed by atoms with Gasteiger partial charge in [-0.1, -0.05) is 0 Å². The van der Waals surface area contributed by atoms with Gasteiger partial charge in [0.1, 0.15) is 0 Å². The van der Waals surface area contributed by atoms with E-state index >= 15 is 0 Å². The van der Waals surface area contributed by atoms with Crippen LogP contribution in [-0.2, 0) is 11.0 Å². The van der Waals surface area contributed by atoms with Crippen LogP contribution in [0.15, 0.2) is 24.3 Å². The molecule has 156 valence electrons. The molecule has 1 aliphatic carbocycles. The van der Waals surface area contributed by atoms with Crippen LogP contribution in [0.2, 0.25) is 0 Å². The van der Waals surface area contributed by atoms with E-state index in [4.69, 9.17) is 0 Å². The Bertz CT molecular complexity index is 644. The van der Waals surface area contributed by atoms with Crippen LogP contribution in [0.1, 0.15) is 45.1 Å². The van der Waals surface area contributed by atoms with Gasteiger partial charge in [0.25, 0.3) is 0 Å². The first kappa shape index (κ1) is 21.0. The fraction of sp³-hybridized carbons (Fsp3) is 0.667. The Morgan fingerprint density at radius 2 is 1.57 bits per heavy atom. The van der Waals surface area contributed by atoms with Gasteiger partial charge >= 0.3 is 6.18 Å². The molecule has 1 N–H and O–H groups in total. The molecule has 1 amide bonds. The van der Waals surface area contributed by atoms with Crippen molar-refractivity contribution in [2.75, 3.05) is 31.5 Å². The van der Waals surface area contributed by atoms with Crippen molar-refractivity contribution < 1.29 is 18.0 Å². The van der Waals surface area contributed by atoms with Crippen LogP contribution < -0.4 is 5.32 Å². The maximum absolute atomic E-state index is 12.8. The van der Waals surface area contributed by atoms with Crippen LogP contribution in [0.25, 0.3) is 0 Å². The highest BCUT2D eigenvalue weighted by Crippen LogP contribution is 2.31. The molecule has 7 heteroatoms. The molecule has 0 radical (unpaired) electrons. The van der Waals surface area contributed by atoms with E-state index in [1.54, 1.807) is 0 Å². The van der Waals surface area contributed by atoms with Gasteiger partial charge in [-0.25, -0.2) is 0 Å². The zero-order valence-electron chi connectivity index (χ0n) is 16.6. The Morgan fingerprint density at radius 3 is 2.07 bits per heavy atom. The smallest absolute Gasteiger partial charge is 0.382 e. The molecular formula is C21H30F3N3O. The molecule has 1 saturated carbocycles. The number of halogens is 3. The highest BCUT2D eigenvalue weighted by molar-refractivity contribution is 5.79. The van der Waals surface area contributed by atoms with Crippen molar-refractivity contribution in [2.45, 2.75) is 57.8 Å². The fourth-order valence-electron chi connectivity index (χ4n) is 4.19. The summed E-state index contributed by atoms with van der Waals surface area (Å²) in [6.45, 7) is 7.86. The molecule has 1 saturated heterocycles. The Balaban J connectivity index is 1.45. The quantitative estimate of drug-likeness (QED) is 0.826. The van der Waals surface area contributed by atoms with Crippen molar-refractivity contribution >= 4 is 11.6 Å². The van der Waals surface area contributed by atoms with Crippen molar-refractivity contribution in [3.05, 3.63) is 29.8 Å². The summed E-state index contributed by atoms with van der Waals surface area (Å²) in [7, 11) is 0. The molecule has 2 fully saturated rings. The summed E-state index contributed by atoms with van der Waals surface area (Å²) < 4.78 is 38.0. The normalized spacial score (nSPS) is 24.4. The first-order valence-electron chi connectivity index (χ1n) is 10.2. The molecule has 28 heavy (non-hydrogen) atoms. The zero-order chi connectivity index (χ0) is 20.3. The molecular weight excluding hydrogens is 367 g/mol. The minimum absolute atomic E-state index is 0.0799. The van der Waals surface area contributed by atoms with E-state index in [-0.39, 0.29) is 17.9 Å². The lowest BCUT2D eigenvalue weighted by Crippen LogP contribution is -2.52. The highest BCUT2D eigenvalue weighted by atomic mass is 19.4. The zero-order valence-corrected chi connectivity index (χ0v) is 16.6. The summed E-state index contributed by atoms with van der Waals surface area (Å²) >= 11 is 0. The van der Waals surface area contributed by atoms with Gasteiger partial charge in [0.15, 0.2) is 0 Å². The van der Waals surface area contributed by atoms with Crippen LogP contribution in [0, 0.1) is 5.92 Å².